The minimum atomic E-state index is 0.645. The molecule has 0 aliphatic heterocycles. The predicted molar refractivity (Wildman–Crippen MR) is 87.8 cm³/mol. The maximum atomic E-state index is 5.62. The molecular weight excluding hydrogens is 286 g/mol. The number of ether oxygens (including phenoxy) is 3. The van der Waals surface area contributed by atoms with Crippen LogP contribution in [0.4, 0.5) is 0 Å². The molecule has 1 heterocycles. The number of nitrogens with one attached hydrogen (secondary N) is 1. The lowest BCUT2D eigenvalue weighted by Crippen LogP contribution is -2.18. The third-order valence-corrected chi connectivity index (χ3v) is 3.88. The van der Waals surface area contributed by atoms with Crippen molar-refractivity contribution in [2.45, 2.75) is 33.4 Å². The number of thiophene rings is 1. The zero-order chi connectivity index (χ0) is 15.3. The molecule has 0 radical (unpaired) electrons. The van der Waals surface area contributed by atoms with Gasteiger partial charge in [0.15, 0.2) is 0 Å². The molecule has 0 bridgehead atoms. The molecule has 5 heteroatoms. The molecule has 21 heavy (non-hydrogen) atoms. The molecule has 0 aromatic carbocycles. The van der Waals surface area contributed by atoms with Gasteiger partial charge in [-0.05, 0) is 31.0 Å². The van der Waals surface area contributed by atoms with Crippen molar-refractivity contribution in [3.8, 4) is 0 Å². The summed E-state index contributed by atoms with van der Waals surface area (Å²) >= 11 is 1.81. The van der Waals surface area contributed by atoms with Gasteiger partial charge in [-0.1, -0.05) is 13.8 Å². The van der Waals surface area contributed by atoms with Crippen LogP contribution in [0.1, 0.15) is 30.0 Å². The smallest absolute Gasteiger partial charge is 0.0810 e. The fourth-order valence-corrected chi connectivity index (χ4v) is 2.70. The van der Waals surface area contributed by atoms with Crippen molar-refractivity contribution < 1.29 is 14.2 Å². The molecule has 0 aliphatic carbocycles. The Morgan fingerprint density at radius 3 is 2.57 bits per heavy atom. The maximum Gasteiger partial charge on any atom is 0.0810 e. The van der Waals surface area contributed by atoms with E-state index < -0.39 is 0 Å². The van der Waals surface area contributed by atoms with Gasteiger partial charge in [-0.3, -0.25) is 0 Å². The van der Waals surface area contributed by atoms with Crippen molar-refractivity contribution >= 4 is 11.3 Å². The lowest BCUT2D eigenvalue weighted by molar-refractivity contribution is 0.0344. The van der Waals surface area contributed by atoms with E-state index in [0.29, 0.717) is 25.7 Å². The Balaban J connectivity index is 2.01. The van der Waals surface area contributed by atoms with Gasteiger partial charge >= 0.3 is 0 Å². The van der Waals surface area contributed by atoms with E-state index in [1.807, 2.05) is 11.3 Å². The molecule has 1 rings (SSSR count). The van der Waals surface area contributed by atoms with Crippen molar-refractivity contribution in [3.05, 3.63) is 21.9 Å². The molecule has 1 aromatic rings. The predicted octanol–water partition coefficient (Wildman–Crippen LogP) is 3.06. The Kier molecular flexibility index (Phi) is 10.7. The highest BCUT2D eigenvalue weighted by Crippen LogP contribution is 2.17. The molecule has 0 unspecified atom stereocenters. The number of methoxy groups -OCH3 is 1. The van der Waals surface area contributed by atoms with Crippen LogP contribution in [-0.2, 0) is 27.4 Å². The van der Waals surface area contributed by atoms with Crippen molar-refractivity contribution in [1.29, 1.82) is 0 Å². The van der Waals surface area contributed by atoms with Gasteiger partial charge in [-0.15, -0.1) is 11.3 Å². The van der Waals surface area contributed by atoms with Crippen LogP contribution in [0, 0.1) is 5.92 Å². The summed E-state index contributed by atoms with van der Waals surface area (Å²) in [6, 6.07) is 4.33. The molecular formula is C16H29NO3S. The summed E-state index contributed by atoms with van der Waals surface area (Å²) in [5.74, 6) is 0.691. The topological polar surface area (TPSA) is 39.7 Å². The molecule has 122 valence electrons. The molecule has 0 saturated carbocycles. The molecule has 0 aliphatic rings. The quantitative estimate of drug-likeness (QED) is 0.568. The fourth-order valence-electron chi connectivity index (χ4n) is 1.78. The molecule has 0 saturated heterocycles. The normalized spacial score (nSPS) is 11.4. The van der Waals surface area contributed by atoms with Gasteiger partial charge < -0.3 is 19.5 Å². The van der Waals surface area contributed by atoms with Crippen LogP contribution in [-0.4, -0.2) is 40.1 Å². The number of rotatable bonds is 13. The zero-order valence-electron chi connectivity index (χ0n) is 13.5. The summed E-state index contributed by atoms with van der Waals surface area (Å²) in [6.45, 7) is 9.91. The second kappa shape index (κ2) is 12.1. The van der Waals surface area contributed by atoms with Crippen LogP contribution in [0.5, 0.6) is 0 Å². The van der Waals surface area contributed by atoms with E-state index in [4.69, 9.17) is 14.2 Å². The highest BCUT2D eigenvalue weighted by Gasteiger charge is 2.01. The Bertz CT molecular complexity index is 355. The molecule has 1 N–H and O–H groups in total. The van der Waals surface area contributed by atoms with E-state index >= 15 is 0 Å². The Hall–Kier alpha value is -0.460. The second-order valence-electron chi connectivity index (χ2n) is 5.40. The summed E-state index contributed by atoms with van der Waals surface area (Å²) in [6.07, 6.45) is 0.939. The van der Waals surface area contributed by atoms with Crippen LogP contribution in [0.15, 0.2) is 12.1 Å². The largest absolute Gasteiger partial charge is 0.385 e. The van der Waals surface area contributed by atoms with E-state index in [1.54, 1.807) is 7.11 Å². The molecule has 1 aromatic heterocycles. The SMILES string of the molecule is COCCCOCCOCc1ccc(CNCC(C)C)s1. The summed E-state index contributed by atoms with van der Waals surface area (Å²) < 4.78 is 16.0. The average Bonchev–Trinajstić information content (AvgIpc) is 2.89. The Morgan fingerprint density at radius 2 is 1.81 bits per heavy atom. The third kappa shape index (κ3) is 9.98. The Labute approximate surface area is 132 Å². The van der Waals surface area contributed by atoms with Gasteiger partial charge in [-0.2, -0.15) is 0 Å². The number of hydrogen-bond acceptors (Lipinski definition) is 5. The summed E-state index contributed by atoms with van der Waals surface area (Å²) in [7, 11) is 1.71. The van der Waals surface area contributed by atoms with E-state index in [1.165, 1.54) is 9.75 Å². The van der Waals surface area contributed by atoms with Crippen molar-refractivity contribution in [3.63, 3.8) is 0 Å². The second-order valence-corrected chi connectivity index (χ2v) is 6.66. The van der Waals surface area contributed by atoms with E-state index in [-0.39, 0.29) is 0 Å². The molecule has 0 atom stereocenters. The van der Waals surface area contributed by atoms with Gasteiger partial charge in [0.1, 0.15) is 0 Å². The number of hydrogen-bond donors (Lipinski definition) is 1. The van der Waals surface area contributed by atoms with Crippen molar-refractivity contribution in [2.75, 3.05) is 40.1 Å². The third-order valence-electron chi connectivity index (χ3n) is 2.82. The summed E-state index contributed by atoms with van der Waals surface area (Å²) in [5, 5.41) is 3.45. The summed E-state index contributed by atoms with van der Waals surface area (Å²) in [5.41, 5.74) is 0. The van der Waals surface area contributed by atoms with E-state index in [0.717, 1.165) is 32.7 Å². The molecule has 0 spiro atoms. The van der Waals surface area contributed by atoms with E-state index in [9.17, 15) is 0 Å². The van der Waals surface area contributed by atoms with Gasteiger partial charge in [0.05, 0.1) is 19.8 Å². The lowest BCUT2D eigenvalue weighted by Gasteiger charge is -2.05. The van der Waals surface area contributed by atoms with Gasteiger partial charge in [0, 0.05) is 36.6 Å². The first kappa shape index (κ1) is 18.6. The van der Waals surface area contributed by atoms with Gasteiger partial charge in [-0.25, -0.2) is 0 Å². The molecule has 0 fully saturated rings. The fraction of sp³-hybridized carbons (Fsp3) is 0.750. The van der Waals surface area contributed by atoms with Gasteiger partial charge in [0.2, 0.25) is 0 Å². The average molecular weight is 315 g/mol. The zero-order valence-corrected chi connectivity index (χ0v) is 14.3. The highest BCUT2D eigenvalue weighted by molar-refractivity contribution is 7.11. The van der Waals surface area contributed by atoms with Crippen LogP contribution in [0.25, 0.3) is 0 Å². The first-order valence-corrected chi connectivity index (χ1v) is 8.46. The first-order chi connectivity index (χ1) is 10.2. The minimum Gasteiger partial charge on any atom is -0.385 e. The van der Waals surface area contributed by atoms with Gasteiger partial charge in [0.25, 0.3) is 0 Å². The maximum absolute atomic E-state index is 5.62. The lowest BCUT2D eigenvalue weighted by atomic mass is 10.2. The molecule has 4 nitrogen and oxygen atoms in total. The van der Waals surface area contributed by atoms with Crippen molar-refractivity contribution in [2.24, 2.45) is 5.92 Å². The molecule has 0 amide bonds. The first-order valence-electron chi connectivity index (χ1n) is 7.65. The van der Waals surface area contributed by atoms with Crippen LogP contribution in [0.3, 0.4) is 0 Å². The minimum absolute atomic E-state index is 0.645. The van der Waals surface area contributed by atoms with Crippen LogP contribution in [0.2, 0.25) is 0 Å². The monoisotopic (exact) mass is 315 g/mol. The summed E-state index contributed by atoms with van der Waals surface area (Å²) in [4.78, 5) is 2.64. The van der Waals surface area contributed by atoms with Crippen LogP contribution >= 0.6 is 11.3 Å². The highest BCUT2D eigenvalue weighted by atomic mass is 32.1. The van der Waals surface area contributed by atoms with E-state index in [2.05, 4.69) is 31.3 Å². The Morgan fingerprint density at radius 1 is 1.05 bits per heavy atom. The standard InChI is InChI=1S/C16H29NO3S/c1-14(2)11-17-12-15-5-6-16(21-15)13-20-10-9-19-8-4-7-18-3/h5-6,14,17H,4,7-13H2,1-3H3. The van der Waals surface area contributed by atoms with Crippen LogP contribution < -0.4 is 5.32 Å². The van der Waals surface area contributed by atoms with Crippen molar-refractivity contribution in [1.82, 2.24) is 5.32 Å².